The first-order valence-corrected chi connectivity index (χ1v) is 8.27. The maximum atomic E-state index is 12.3. The number of urea groups is 1. The number of amides is 2. The number of aliphatic hydroxyl groups is 1. The Kier molecular flexibility index (Phi) is 5.18. The Hall–Kier alpha value is -2.93. The summed E-state index contributed by atoms with van der Waals surface area (Å²) in [5, 5.41) is 16.4. The van der Waals surface area contributed by atoms with Crippen LogP contribution in [0.15, 0.2) is 42.5 Å². The van der Waals surface area contributed by atoms with E-state index >= 15 is 0 Å². The molecule has 0 spiro atoms. The zero-order chi connectivity index (χ0) is 18.6. The van der Waals surface area contributed by atoms with Crippen LogP contribution >= 0.6 is 0 Å². The van der Waals surface area contributed by atoms with Crippen molar-refractivity contribution < 1.29 is 24.1 Å². The molecule has 0 aliphatic carbocycles. The molecule has 2 aromatic carbocycles. The molecular formula is C19H22N2O5. The van der Waals surface area contributed by atoms with Crippen molar-refractivity contribution in [2.45, 2.75) is 12.0 Å². The third kappa shape index (κ3) is 3.67. The third-order valence-electron chi connectivity index (χ3n) is 4.36. The van der Waals surface area contributed by atoms with Crippen LogP contribution in [0, 0.1) is 0 Å². The molecule has 2 amide bonds. The molecule has 1 aliphatic heterocycles. The van der Waals surface area contributed by atoms with Crippen LogP contribution in [-0.2, 0) is 5.60 Å². The molecule has 0 saturated carbocycles. The van der Waals surface area contributed by atoms with Gasteiger partial charge in [0.1, 0.15) is 22.8 Å². The number of methoxy groups -OCH3 is 2. The SMILES string of the molecule is COc1ccc(NC(=O)NCC2(O)CCOc3ccccc32)c(OC)c1. The first-order valence-electron chi connectivity index (χ1n) is 8.27. The molecule has 0 aromatic heterocycles. The summed E-state index contributed by atoms with van der Waals surface area (Å²) in [5.41, 5.74) is 0.00894. The van der Waals surface area contributed by atoms with Crippen molar-refractivity contribution in [2.24, 2.45) is 0 Å². The summed E-state index contributed by atoms with van der Waals surface area (Å²) in [6.07, 6.45) is 0.399. The van der Waals surface area contributed by atoms with E-state index in [1.807, 2.05) is 18.2 Å². The number of anilines is 1. The van der Waals surface area contributed by atoms with E-state index in [9.17, 15) is 9.90 Å². The van der Waals surface area contributed by atoms with Crippen LogP contribution < -0.4 is 24.8 Å². The molecule has 0 fully saturated rings. The Balaban J connectivity index is 1.67. The number of hydrogen-bond donors (Lipinski definition) is 3. The summed E-state index contributed by atoms with van der Waals surface area (Å²) in [6.45, 7) is 0.459. The Morgan fingerprint density at radius 1 is 1.23 bits per heavy atom. The Morgan fingerprint density at radius 2 is 2.04 bits per heavy atom. The summed E-state index contributed by atoms with van der Waals surface area (Å²) in [5.74, 6) is 1.75. The second-order valence-corrected chi connectivity index (χ2v) is 6.00. The van der Waals surface area contributed by atoms with Gasteiger partial charge in [-0.05, 0) is 18.2 Å². The van der Waals surface area contributed by atoms with Gasteiger partial charge in [-0.2, -0.15) is 0 Å². The predicted octanol–water partition coefficient (Wildman–Crippen LogP) is 2.50. The molecule has 0 bridgehead atoms. The van der Waals surface area contributed by atoms with Crippen LogP contribution in [0.25, 0.3) is 0 Å². The number of rotatable bonds is 5. The second kappa shape index (κ2) is 7.53. The van der Waals surface area contributed by atoms with Crippen molar-refractivity contribution in [3.63, 3.8) is 0 Å². The zero-order valence-electron chi connectivity index (χ0n) is 14.7. The number of para-hydroxylation sites is 1. The van der Waals surface area contributed by atoms with E-state index in [0.717, 1.165) is 0 Å². The summed E-state index contributed by atoms with van der Waals surface area (Å²) >= 11 is 0. The Labute approximate surface area is 151 Å². The number of nitrogens with one attached hydrogen (secondary N) is 2. The molecule has 26 heavy (non-hydrogen) atoms. The first kappa shape index (κ1) is 17.9. The van der Waals surface area contributed by atoms with Gasteiger partial charge < -0.3 is 30.0 Å². The first-order chi connectivity index (χ1) is 12.6. The minimum Gasteiger partial charge on any atom is -0.497 e. The van der Waals surface area contributed by atoms with Crippen molar-refractivity contribution >= 4 is 11.7 Å². The van der Waals surface area contributed by atoms with E-state index < -0.39 is 11.6 Å². The largest absolute Gasteiger partial charge is 0.497 e. The van der Waals surface area contributed by atoms with E-state index in [1.54, 1.807) is 31.4 Å². The van der Waals surface area contributed by atoms with Crippen LogP contribution in [0.4, 0.5) is 10.5 Å². The van der Waals surface area contributed by atoms with Crippen LogP contribution in [-0.4, -0.2) is 38.5 Å². The fourth-order valence-corrected chi connectivity index (χ4v) is 2.92. The molecule has 2 aromatic rings. The lowest BCUT2D eigenvalue weighted by Gasteiger charge is -2.34. The maximum absolute atomic E-state index is 12.3. The van der Waals surface area contributed by atoms with Gasteiger partial charge in [0.15, 0.2) is 0 Å². The molecule has 3 rings (SSSR count). The van der Waals surface area contributed by atoms with E-state index in [0.29, 0.717) is 41.5 Å². The van der Waals surface area contributed by atoms with E-state index in [4.69, 9.17) is 14.2 Å². The second-order valence-electron chi connectivity index (χ2n) is 6.00. The lowest BCUT2D eigenvalue weighted by atomic mass is 9.88. The molecule has 0 radical (unpaired) electrons. The molecule has 138 valence electrons. The van der Waals surface area contributed by atoms with Crippen molar-refractivity contribution in [3.8, 4) is 17.2 Å². The smallest absolute Gasteiger partial charge is 0.319 e. The molecule has 1 heterocycles. The molecule has 1 unspecified atom stereocenters. The number of carbonyl (C=O) groups excluding carboxylic acids is 1. The Morgan fingerprint density at radius 3 is 2.81 bits per heavy atom. The van der Waals surface area contributed by atoms with Gasteiger partial charge in [-0.15, -0.1) is 0 Å². The standard InChI is InChI=1S/C19H22N2O5/c1-24-13-7-8-15(17(11-13)25-2)21-18(22)20-12-19(23)9-10-26-16-6-4-3-5-14(16)19/h3-8,11,23H,9-10,12H2,1-2H3,(H2,20,21,22). The topological polar surface area (TPSA) is 89.1 Å². The normalized spacial score (nSPS) is 18.3. The van der Waals surface area contributed by atoms with E-state index in [1.165, 1.54) is 7.11 Å². The summed E-state index contributed by atoms with van der Waals surface area (Å²) in [6, 6.07) is 11.9. The monoisotopic (exact) mass is 358 g/mol. The molecule has 1 atom stereocenters. The zero-order valence-corrected chi connectivity index (χ0v) is 14.7. The van der Waals surface area contributed by atoms with Crippen LogP contribution in [0.2, 0.25) is 0 Å². The summed E-state index contributed by atoms with van der Waals surface area (Å²) < 4.78 is 16.0. The Bertz CT molecular complexity index is 795. The quantitative estimate of drug-likeness (QED) is 0.764. The number of carbonyl (C=O) groups is 1. The lowest BCUT2D eigenvalue weighted by Crippen LogP contribution is -2.45. The number of ether oxygens (including phenoxy) is 3. The van der Waals surface area contributed by atoms with Crippen molar-refractivity contribution in [1.82, 2.24) is 5.32 Å². The number of hydrogen-bond acceptors (Lipinski definition) is 5. The highest BCUT2D eigenvalue weighted by Gasteiger charge is 2.35. The minimum atomic E-state index is -1.17. The molecule has 7 nitrogen and oxygen atoms in total. The van der Waals surface area contributed by atoms with E-state index in [-0.39, 0.29) is 6.54 Å². The molecule has 7 heteroatoms. The average molecular weight is 358 g/mol. The number of fused-ring (bicyclic) bond motifs is 1. The summed E-state index contributed by atoms with van der Waals surface area (Å²) in [7, 11) is 3.07. The fourth-order valence-electron chi connectivity index (χ4n) is 2.92. The molecular weight excluding hydrogens is 336 g/mol. The summed E-state index contributed by atoms with van der Waals surface area (Å²) in [4.78, 5) is 12.3. The van der Waals surface area contributed by atoms with Gasteiger partial charge in [-0.25, -0.2) is 4.79 Å². The van der Waals surface area contributed by atoms with Gasteiger partial charge in [0, 0.05) is 18.1 Å². The van der Waals surface area contributed by atoms with Gasteiger partial charge in [0.05, 0.1) is 33.1 Å². The molecule has 0 saturated heterocycles. The van der Waals surface area contributed by atoms with Gasteiger partial charge in [0.2, 0.25) is 0 Å². The minimum absolute atomic E-state index is 0.0671. The third-order valence-corrected chi connectivity index (χ3v) is 4.36. The van der Waals surface area contributed by atoms with Gasteiger partial charge in [0.25, 0.3) is 0 Å². The van der Waals surface area contributed by atoms with Crippen molar-refractivity contribution in [2.75, 3.05) is 32.7 Å². The maximum Gasteiger partial charge on any atom is 0.319 e. The van der Waals surface area contributed by atoms with Gasteiger partial charge in [-0.3, -0.25) is 0 Å². The van der Waals surface area contributed by atoms with Crippen LogP contribution in [0.5, 0.6) is 17.2 Å². The van der Waals surface area contributed by atoms with Crippen LogP contribution in [0.1, 0.15) is 12.0 Å². The number of benzene rings is 2. The highest BCUT2D eigenvalue weighted by molar-refractivity contribution is 5.91. The van der Waals surface area contributed by atoms with Crippen molar-refractivity contribution in [1.29, 1.82) is 0 Å². The van der Waals surface area contributed by atoms with Gasteiger partial charge >= 0.3 is 6.03 Å². The van der Waals surface area contributed by atoms with E-state index in [2.05, 4.69) is 10.6 Å². The highest BCUT2D eigenvalue weighted by Crippen LogP contribution is 2.36. The average Bonchev–Trinajstić information content (AvgIpc) is 2.67. The van der Waals surface area contributed by atoms with Gasteiger partial charge in [-0.1, -0.05) is 18.2 Å². The lowest BCUT2D eigenvalue weighted by molar-refractivity contribution is 0.000398. The van der Waals surface area contributed by atoms with Crippen LogP contribution in [0.3, 0.4) is 0 Å². The highest BCUT2D eigenvalue weighted by atomic mass is 16.5. The fraction of sp³-hybridized carbons (Fsp3) is 0.316. The predicted molar refractivity (Wildman–Crippen MR) is 97.0 cm³/mol. The molecule has 3 N–H and O–H groups in total. The van der Waals surface area contributed by atoms with Crippen molar-refractivity contribution in [3.05, 3.63) is 48.0 Å². The molecule has 1 aliphatic rings.